The second-order valence-corrected chi connectivity index (χ2v) is 25.6. The van der Waals surface area contributed by atoms with Crippen molar-refractivity contribution in [1.82, 2.24) is 47.1 Å². The predicted octanol–water partition coefficient (Wildman–Crippen LogP) is 0.0109. The highest BCUT2D eigenvalue weighted by Gasteiger charge is 2.62. The van der Waals surface area contributed by atoms with Gasteiger partial charge in [0.15, 0.2) is 12.3 Å². The lowest BCUT2D eigenvalue weighted by Crippen LogP contribution is -2.75. The van der Waals surface area contributed by atoms with Crippen LogP contribution in [0, 0.1) is 11.8 Å². The Balaban J connectivity index is 1.29. The average molecular weight is 1250 g/mol. The third kappa shape index (κ3) is 13.5. The zero-order chi connectivity index (χ0) is 63.1. The monoisotopic (exact) mass is 1250 g/mol. The van der Waals surface area contributed by atoms with Gasteiger partial charge in [0, 0.05) is 59.9 Å². The first-order valence-electron chi connectivity index (χ1n) is 29.3. The van der Waals surface area contributed by atoms with Crippen LogP contribution in [0.15, 0.2) is 114 Å². The molecule has 0 aliphatic carbocycles. The smallest absolute Gasteiger partial charge is 0.248 e. The Kier molecular flexibility index (Phi) is 20.5. The molecule has 10 rings (SSSR count). The lowest BCUT2D eigenvalue weighted by atomic mass is 9.84. The molecule has 26 heteroatoms. The molecule has 1 saturated heterocycles. The zero-order valence-electron chi connectivity index (χ0n) is 48.8. The van der Waals surface area contributed by atoms with Crippen LogP contribution in [-0.2, 0) is 65.5 Å². The number of ketones is 1. The second kappa shape index (κ2) is 27.8. The van der Waals surface area contributed by atoms with E-state index in [1.165, 1.54) is 35.7 Å². The number of aliphatic hydroxyl groups is 3. The van der Waals surface area contributed by atoms with Crippen molar-refractivity contribution in [3.63, 3.8) is 0 Å². The van der Waals surface area contributed by atoms with Crippen molar-refractivity contribution < 1.29 is 67.8 Å². The molecule has 1 aromatic heterocycles. The number of Topliss-reactive ketones (excluding diaryl/α,β-unsaturated/α-hetero) is 1. The lowest BCUT2D eigenvalue weighted by molar-refractivity contribution is -0.175. The van der Waals surface area contributed by atoms with E-state index in [9.17, 15) is 44.1 Å². The first kappa shape index (κ1) is 64.8. The molecule has 5 aliphatic heterocycles. The molecule has 12 atom stereocenters. The number of hydrogen-bond acceptors (Lipinski definition) is 17. The maximum atomic E-state index is 16.7. The van der Waals surface area contributed by atoms with Gasteiger partial charge in [0.2, 0.25) is 57.9 Å². The van der Waals surface area contributed by atoms with Gasteiger partial charge in [-0.05, 0) is 46.9 Å². The maximum Gasteiger partial charge on any atom is 0.248 e. The fourth-order valence-corrected chi connectivity index (χ4v) is 15.2. The standard InChI is InChI=1S/C62H74N10O14S2/c1-4-35(2)52-57(83)65-29-50(78)66-47-33-88(85)59-43-26-46(55(81)64-30-51(79)70-52)68-58(84)53(36(3)48(76)32-73)71-60(34-74)28-40(75)31-72(60)61(54(80)45(27-49(63)77)67-56(47)82,86-41-21-22-42(43)44(25-41)69-59)23-14-24-87-62(37-15-8-5-9-16-37,38-17-10-6-11-18-38)39-19-12-7-13-20-39/h5-13,15-22,25,34-36,40,45-48,52-53,69,71,73,75-76H,4,14,23-24,26-33H2,1-3H3,(H2,63,77)(H,64,81)(H,65,83)(H,66,78)(H,67,82)(H,68,84)(H,70,79)/t35-,36-,40+,45-,46?,47?,48-,52-,53-,60-,61?,88?/m0/s1. The highest BCUT2D eigenvalue weighted by atomic mass is 32.2. The fourth-order valence-electron chi connectivity index (χ4n) is 12.3. The van der Waals surface area contributed by atoms with E-state index in [1.54, 1.807) is 19.9 Å². The summed E-state index contributed by atoms with van der Waals surface area (Å²) >= 11 is -0.862. The molecule has 1 fully saturated rings. The summed E-state index contributed by atoms with van der Waals surface area (Å²) in [6, 6.07) is 25.2. The van der Waals surface area contributed by atoms with Crippen LogP contribution < -0.4 is 47.7 Å². The van der Waals surface area contributed by atoms with E-state index >= 15 is 18.9 Å². The summed E-state index contributed by atoms with van der Waals surface area (Å²) in [6.45, 7) is 1.79. The topological polar surface area (TPSA) is 376 Å². The third-order valence-electron chi connectivity index (χ3n) is 17.0. The Morgan fingerprint density at radius 1 is 0.830 bits per heavy atom. The zero-order valence-corrected chi connectivity index (χ0v) is 50.5. The van der Waals surface area contributed by atoms with Crippen LogP contribution >= 0.6 is 11.8 Å². The number of ether oxygens (including phenoxy) is 1. The molecule has 24 nitrogen and oxygen atoms in total. The molecule has 0 saturated carbocycles. The number of rotatable bonds is 16. The van der Waals surface area contributed by atoms with Crippen LogP contribution in [0.1, 0.15) is 75.1 Å². The van der Waals surface area contributed by atoms with E-state index in [-0.39, 0.29) is 34.0 Å². The number of primary amides is 1. The Bertz CT molecular complexity index is 3300. The van der Waals surface area contributed by atoms with Gasteiger partial charge >= 0.3 is 0 Å². The molecule has 5 aliphatic rings. The van der Waals surface area contributed by atoms with E-state index in [2.05, 4.69) is 42.2 Å². The number of nitrogens with zero attached hydrogens (tertiary/aromatic N) is 1. The van der Waals surface area contributed by atoms with E-state index in [0.29, 0.717) is 18.1 Å². The van der Waals surface area contributed by atoms with Gasteiger partial charge in [-0.2, -0.15) is 0 Å². The number of aliphatic hydroxyl groups excluding tert-OH is 3. The van der Waals surface area contributed by atoms with Crippen molar-refractivity contribution in [2.24, 2.45) is 17.6 Å². The molecule has 8 bridgehead atoms. The summed E-state index contributed by atoms with van der Waals surface area (Å²) in [7, 11) is 0. The number of aromatic amines is 1. The molecular formula is C62H74N10O14S2. The van der Waals surface area contributed by atoms with Crippen LogP contribution in [0.4, 0.5) is 0 Å². The summed E-state index contributed by atoms with van der Waals surface area (Å²) in [5.41, 5.74) is 4.00. The van der Waals surface area contributed by atoms with Crippen molar-refractivity contribution in [3.8, 4) is 5.75 Å². The molecule has 0 radical (unpaired) electrons. The molecule has 5 aromatic rings. The number of thioether (sulfide) groups is 1. The van der Waals surface area contributed by atoms with Gasteiger partial charge in [-0.15, -0.1) is 11.8 Å². The molecular weight excluding hydrogens is 1170 g/mol. The van der Waals surface area contributed by atoms with Gasteiger partial charge in [0.25, 0.3) is 0 Å². The minimum absolute atomic E-state index is 0.0160. The number of benzene rings is 4. The summed E-state index contributed by atoms with van der Waals surface area (Å²) in [5, 5.41) is 52.7. The first-order valence-corrected chi connectivity index (χ1v) is 31.6. The average Bonchev–Trinajstić information content (AvgIpc) is 1.78. The van der Waals surface area contributed by atoms with Gasteiger partial charge in [0.1, 0.15) is 35.3 Å². The maximum absolute atomic E-state index is 16.7. The molecule has 468 valence electrons. The second-order valence-electron chi connectivity index (χ2n) is 22.9. The van der Waals surface area contributed by atoms with Crippen LogP contribution in [0.2, 0.25) is 0 Å². The van der Waals surface area contributed by atoms with Crippen molar-refractivity contribution in [2.75, 3.05) is 37.7 Å². The van der Waals surface area contributed by atoms with E-state index in [0.717, 1.165) is 16.7 Å². The number of hydrogen-bond donors (Lipinski definition) is 12. The minimum atomic E-state index is -2.61. The fraction of sp³-hybridized carbons (Fsp3) is 0.435. The van der Waals surface area contributed by atoms with E-state index in [4.69, 9.17) is 10.5 Å². The van der Waals surface area contributed by atoms with E-state index in [1.807, 2.05) is 91.0 Å². The van der Waals surface area contributed by atoms with Gasteiger partial charge in [0.05, 0.1) is 54.6 Å². The summed E-state index contributed by atoms with van der Waals surface area (Å²) in [4.78, 5) is 136. The summed E-state index contributed by atoms with van der Waals surface area (Å²) < 4.78 is 21.4. The number of amides is 7. The molecule has 13 N–H and O–H groups in total. The quantitative estimate of drug-likeness (QED) is 0.0268. The largest absolute Gasteiger partial charge is 0.610 e. The number of carbonyl (C=O) groups excluding carboxylic acids is 9. The number of H-pyrrole nitrogens is 1. The highest BCUT2D eigenvalue weighted by molar-refractivity contribution is 8.00. The van der Waals surface area contributed by atoms with Crippen molar-refractivity contribution in [1.29, 1.82) is 0 Å². The SMILES string of the molecule is CC[C@H](C)[C@@H]1NC(=O)CNC(=O)C2Cc3c4[nH]c5cc(ccc35)OC(CCCSC(c3ccccc3)(c3ccccc3)c3ccccc3)(C(=O)[C@H](CC(N)=O)NC(=O)C(C[S+]4[O-])NC(=O)CNC1=O)N1C[C@H](O)C[C@]1(C=O)N[C@@H]([C@@H](C)[C@@H](O)CO)C(=O)N2. The van der Waals surface area contributed by atoms with Gasteiger partial charge in [-0.1, -0.05) is 118 Å². The van der Waals surface area contributed by atoms with Crippen LogP contribution in [0.5, 0.6) is 5.75 Å². The molecule has 0 spiro atoms. The van der Waals surface area contributed by atoms with Crippen molar-refractivity contribution in [3.05, 3.63) is 131 Å². The number of fused-ring (bicyclic) bond motifs is 6. The summed E-state index contributed by atoms with van der Waals surface area (Å²) in [5.74, 6) is -10.6. The number of carbonyl (C=O) groups is 9. The molecule has 4 aromatic carbocycles. The number of nitrogens with two attached hydrogens (primary N) is 1. The van der Waals surface area contributed by atoms with Crippen LogP contribution in [0.25, 0.3) is 10.9 Å². The summed E-state index contributed by atoms with van der Waals surface area (Å²) in [6.07, 6.45) is -4.91. The normalized spacial score (nSPS) is 27.1. The van der Waals surface area contributed by atoms with Crippen LogP contribution in [0.3, 0.4) is 0 Å². The van der Waals surface area contributed by atoms with Gasteiger partial charge in [-0.3, -0.25) is 48.5 Å². The number of nitrogens with one attached hydrogen (secondary N) is 8. The van der Waals surface area contributed by atoms with Crippen molar-refractivity contribution in [2.45, 2.75) is 123 Å². The van der Waals surface area contributed by atoms with Gasteiger partial charge < -0.3 is 67.2 Å². The highest BCUT2D eigenvalue weighted by Crippen LogP contribution is 2.50. The van der Waals surface area contributed by atoms with Crippen LogP contribution in [-0.4, -0.2) is 175 Å². The molecule has 6 heterocycles. The van der Waals surface area contributed by atoms with Crippen molar-refractivity contribution >= 4 is 87.3 Å². The number of aromatic nitrogens is 1. The Labute approximate surface area is 515 Å². The molecule has 7 amide bonds. The Morgan fingerprint density at radius 2 is 1.44 bits per heavy atom. The Morgan fingerprint density at radius 3 is 2.03 bits per heavy atom. The third-order valence-corrected chi connectivity index (χ3v) is 20.1. The minimum Gasteiger partial charge on any atom is -0.610 e. The number of aldehydes is 1. The first-order chi connectivity index (χ1) is 42.2. The molecule has 4 unspecified atom stereocenters. The predicted molar refractivity (Wildman–Crippen MR) is 325 cm³/mol. The Hall–Kier alpha value is -7.69. The van der Waals surface area contributed by atoms with E-state index < -0.39 is 186 Å². The van der Waals surface area contributed by atoms with Gasteiger partial charge in [-0.25, -0.2) is 4.90 Å². The molecule has 88 heavy (non-hydrogen) atoms. The lowest BCUT2D eigenvalue weighted by Gasteiger charge is -2.49.